The Morgan fingerprint density at radius 2 is 1.95 bits per heavy atom. The van der Waals surface area contributed by atoms with Crippen molar-refractivity contribution in [3.63, 3.8) is 0 Å². The van der Waals surface area contributed by atoms with Crippen LogP contribution in [0.5, 0.6) is 0 Å². The summed E-state index contributed by atoms with van der Waals surface area (Å²) in [6.07, 6.45) is 0. The van der Waals surface area contributed by atoms with E-state index in [1.54, 1.807) is 0 Å². The number of benzene rings is 1. The van der Waals surface area contributed by atoms with Crippen molar-refractivity contribution < 1.29 is 0 Å². The van der Waals surface area contributed by atoms with Gasteiger partial charge in [-0.15, -0.1) is 0 Å². The Balaban J connectivity index is 2.19. The van der Waals surface area contributed by atoms with Crippen LogP contribution < -0.4 is 27.2 Å². The maximum absolute atomic E-state index is 11.8. The van der Waals surface area contributed by atoms with Gasteiger partial charge in [-0.25, -0.2) is 0 Å². The summed E-state index contributed by atoms with van der Waals surface area (Å²) >= 11 is 0. The first-order valence-corrected chi connectivity index (χ1v) is 6.56. The van der Waals surface area contributed by atoms with Crippen LogP contribution >= 0.6 is 0 Å². The Morgan fingerprint density at radius 3 is 2.55 bits per heavy atom. The average molecular weight is 271 g/mol. The lowest BCUT2D eigenvalue weighted by molar-refractivity contribution is 0.568. The minimum atomic E-state index is -0.582. The van der Waals surface area contributed by atoms with Crippen molar-refractivity contribution in [2.75, 3.05) is 17.2 Å². The Morgan fingerprint density at radius 1 is 1.25 bits per heavy atom. The van der Waals surface area contributed by atoms with E-state index in [0.717, 1.165) is 16.8 Å². The van der Waals surface area contributed by atoms with Crippen molar-refractivity contribution in [1.82, 2.24) is 0 Å². The molecule has 0 amide bonds. The molecule has 0 saturated carbocycles. The molecular weight excluding hydrogens is 254 g/mol. The first-order chi connectivity index (χ1) is 9.36. The van der Waals surface area contributed by atoms with Gasteiger partial charge in [-0.2, -0.15) is 0 Å². The third-order valence-corrected chi connectivity index (χ3v) is 4.06. The maximum Gasteiger partial charge on any atom is 0.253 e. The molecule has 0 atom stereocenters. The molecule has 0 saturated heterocycles. The van der Waals surface area contributed by atoms with Crippen molar-refractivity contribution in [3.05, 3.63) is 49.8 Å². The van der Waals surface area contributed by atoms with Crippen molar-refractivity contribution >= 4 is 17.1 Å². The zero-order valence-corrected chi connectivity index (χ0v) is 11.6. The van der Waals surface area contributed by atoms with Crippen LogP contribution in [0.25, 0.3) is 0 Å². The molecular formula is C15H17N3O2. The molecule has 1 aliphatic heterocycles. The van der Waals surface area contributed by atoms with E-state index in [-0.39, 0.29) is 11.1 Å². The van der Waals surface area contributed by atoms with Crippen molar-refractivity contribution in [2.24, 2.45) is 5.73 Å². The summed E-state index contributed by atoms with van der Waals surface area (Å²) < 4.78 is 0. The highest BCUT2D eigenvalue weighted by Gasteiger charge is 2.39. The quantitative estimate of drug-likeness (QED) is 0.787. The van der Waals surface area contributed by atoms with E-state index >= 15 is 0 Å². The van der Waals surface area contributed by atoms with Crippen LogP contribution in [0.2, 0.25) is 0 Å². The van der Waals surface area contributed by atoms with Gasteiger partial charge in [-0.1, -0.05) is 26.0 Å². The van der Waals surface area contributed by atoms with Gasteiger partial charge in [-0.05, 0) is 17.2 Å². The Bertz CT molecular complexity index is 770. The van der Waals surface area contributed by atoms with Gasteiger partial charge >= 0.3 is 0 Å². The molecule has 3 rings (SSSR count). The van der Waals surface area contributed by atoms with E-state index < -0.39 is 10.9 Å². The molecule has 0 aromatic heterocycles. The van der Waals surface area contributed by atoms with Crippen LogP contribution in [0.4, 0.5) is 17.1 Å². The van der Waals surface area contributed by atoms with Gasteiger partial charge in [0.25, 0.3) is 10.9 Å². The van der Waals surface area contributed by atoms with E-state index in [1.165, 1.54) is 0 Å². The molecule has 0 aliphatic carbocycles. The first kappa shape index (κ1) is 12.9. The summed E-state index contributed by atoms with van der Waals surface area (Å²) in [4.78, 5) is 25.0. The van der Waals surface area contributed by atoms with E-state index in [9.17, 15) is 9.59 Å². The molecule has 0 unspecified atom stereocenters. The molecule has 1 heterocycles. The van der Waals surface area contributed by atoms with Crippen LogP contribution in [0.1, 0.15) is 25.0 Å². The predicted octanol–water partition coefficient (Wildman–Crippen LogP) is 0.753. The first-order valence-electron chi connectivity index (χ1n) is 6.56. The largest absolute Gasteiger partial charge is 0.394 e. The lowest BCUT2D eigenvalue weighted by Crippen LogP contribution is -2.41. The number of nitrogen functional groups attached to an aromatic ring is 1. The summed E-state index contributed by atoms with van der Waals surface area (Å²) in [6.45, 7) is 5.28. The summed E-state index contributed by atoms with van der Waals surface area (Å²) in [7, 11) is 0. The van der Waals surface area contributed by atoms with Gasteiger partial charge in [0.15, 0.2) is 0 Å². The number of nitrogens with zero attached hydrogens (tertiary/aromatic N) is 1. The van der Waals surface area contributed by atoms with Crippen LogP contribution in [0.3, 0.4) is 0 Å². The molecule has 5 heteroatoms. The maximum atomic E-state index is 11.8. The van der Waals surface area contributed by atoms with E-state index in [1.807, 2.05) is 23.1 Å². The number of anilines is 3. The normalized spacial score (nSPS) is 16.6. The van der Waals surface area contributed by atoms with Crippen LogP contribution in [0.15, 0.2) is 27.8 Å². The topological polar surface area (TPSA) is 89.4 Å². The number of rotatable bonds is 2. The Labute approximate surface area is 116 Å². The SMILES string of the molecule is CC1(C)CN(c2c(N)c(=O)c2=O)c2cc(CN)ccc21. The molecule has 5 nitrogen and oxygen atoms in total. The minimum absolute atomic E-state index is 0.0665. The van der Waals surface area contributed by atoms with Crippen molar-refractivity contribution in [2.45, 2.75) is 25.8 Å². The van der Waals surface area contributed by atoms with Gasteiger partial charge in [0.05, 0.1) is 0 Å². The molecule has 0 fully saturated rings. The number of nitrogens with two attached hydrogens (primary N) is 2. The highest BCUT2D eigenvalue weighted by Crippen LogP contribution is 2.44. The molecule has 1 aliphatic rings. The standard InChI is InChI=1S/C15H17N3O2/c1-15(2)7-18(12-11(17)13(19)14(12)20)10-5-8(6-16)3-4-9(10)15/h3-5H,6-7,16-17H2,1-2H3. The predicted molar refractivity (Wildman–Crippen MR) is 80.1 cm³/mol. The number of hydrogen-bond donors (Lipinski definition) is 2. The van der Waals surface area contributed by atoms with Gasteiger partial charge in [-0.3, -0.25) is 9.59 Å². The number of hydrogen-bond acceptors (Lipinski definition) is 5. The lowest BCUT2D eigenvalue weighted by Gasteiger charge is -2.24. The van der Waals surface area contributed by atoms with Gasteiger partial charge in [0.2, 0.25) is 0 Å². The second kappa shape index (κ2) is 3.93. The van der Waals surface area contributed by atoms with E-state index in [2.05, 4.69) is 13.8 Å². The fourth-order valence-corrected chi connectivity index (χ4v) is 2.93. The fraction of sp³-hybridized carbons (Fsp3) is 0.333. The smallest absolute Gasteiger partial charge is 0.253 e. The molecule has 4 N–H and O–H groups in total. The zero-order chi connectivity index (χ0) is 14.7. The average Bonchev–Trinajstić information content (AvgIpc) is 2.69. The number of fused-ring (bicyclic) bond motifs is 1. The van der Waals surface area contributed by atoms with Crippen molar-refractivity contribution in [1.29, 1.82) is 0 Å². The molecule has 0 bridgehead atoms. The summed E-state index contributed by atoms with van der Waals surface area (Å²) in [5.41, 5.74) is 13.6. The van der Waals surface area contributed by atoms with Gasteiger partial charge < -0.3 is 16.4 Å². The van der Waals surface area contributed by atoms with Crippen molar-refractivity contribution in [3.8, 4) is 0 Å². The second-order valence-electron chi connectivity index (χ2n) is 5.95. The van der Waals surface area contributed by atoms with E-state index in [0.29, 0.717) is 18.8 Å². The van der Waals surface area contributed by atoms with Crippen LogP contribution in [-0.4, -0.2) is 6.54 Å². The summed E-state index contributed by atoms with van der Waals surface area (Å²) in [5, 5.41) is 0. The fourth-order valence-electron chi connectivity index (χ4n) is 2.93. The highest BCUT2D eigenvalue weighted by molar-refractivity contribution is 5.82. The summed E-state index contributed by atoms with van der Waals surface area (Å²) in [5.74, 6) is 0. The lowest BCUT2D eigenvalue weighted by atomic mass is 9.86. The third kappa shape index (κ3) is 1.53. The van der Waals surface area contributed by atoms with Crippen LogP contribution in [0, 0.1) is 0 Å². The highest BCUT2D eigenvalue weighted by atomic mass is 16.2. The molecule has 2 aromatic carbocycles. The third-order valence-electron chi connectivity index (χ3n) is 4.06. The molecule has 0 radical (unpaired) electrons. The molecule has 104 valence electrons. The molecule has 0 spiro atoms. The van der Waals surface area contributed by atoms with Gasteiger partial charge in [0, 0.05) is 24.2 Å². The Hall–Kier alpha value is -2.14. The minimum Gasteiger partial charge on any atom is -0.394 e. The van der Waals surface area contributed by atoms with Gasteiger partial charge in [0.1, 0.15) is 11.4 Å². The Kier molecular flexibility index (Phi) is 2.53. The van der Waals surface area contributed by atoms with E-state index in [4.69, 9.17) is 11.5 Å². The zero-order valence-electron chi connectivity index (χ0n) is 11.6. The monoisotopic (exact) mass is 271 g/mol. The molecule has 20 heavy (non-hydrogen) atoms. The molecule has 2 aromatic rings. The second-order valence-corrected chi connectivity index (χ2v) is 5.95. The van der Waals surface area contributed by atoms with Crippen LogP contribution in [-0.2, 0) is 12.0 Å². The summed E-state index contributed by atoms with van der Waals surface area (Å²) in [6, 6.07) is 6.01.